The van der Waals surface area contributed by atoms with Gasteiger partial charge < -0.3 is 5.21 Å². The Morgan fingerprint density at radius 1 is 1.15 bits per heavy atom. The molecule has 1 rings (SSSR count). The van der Waals surface area contributed by atoms with Gasteiger partial charge in [0.15, 0.2) is 0 Å². The van der Waals surface area contributed by atoms with Crippen molar-refractivity contribution < 1.29 is 18.2 Å². The van der Waals surface area contributed by atoms with E-state index in [0.717, 1.165) is 12.1 Å². The largest absolute Gasteiger partial charge is 0.394 e. The molecule has 13 heavy (non-hydrogen) atoms. The predicted octanol–water partition coefficient (Wildman–Crippen LogP) is 1.41. The summed E-state index contributed by atoms with van der Waals surface area (Å²) in [5, 5.41) is 13.8. The van der Waals surface area contributed by atoms with Gasteiger partial charge in [0.1, 0.15) is 0 Å². The van der Waals surface area contributed by atoms with Crippen LogP contribution in [-0.4, -0.2) is 18.2 Å². The quantitative estimate of drug-likeness (QED) is 0.430. The second-order valence-electron chi connectivity index (χ2n) is 2.16. The first-order valence-corrected chi connectivity index (χ1v) is 4.61. The first-order valence-electron chi connectivity index (χ1n) is 3.17. The molecule has 70 valence electrons. The van der Waals surface area contributed by atoms with Crippen molar-refractivity contribution in [3.8, 4) is 0 Å². The summed E-state index contributed by atoms with van der Waals surface area (Å²) >= 11 is 0. The van der Waals surface area contributed by atoms with E-state index in [9.17, 15) is 8.42 Å². The van der Waals surface area contributed by atoms with E-state index in [0.29, 0.717) is 0 Å². The highest BCUT2D eigenvalue weighted by molar-refractivity contribution is 7.85. The molecule has 0 saturated carbocycles. The second kappa shape index (κ2) is 3.50. The van der Waals surface area contributed by atoms with Crippen LogP contribution in [0.2, 0.25) is 0 Å². The summed E-state index contributed by atoms with van der Waals surface area (Å²) in [5.74, 6) is 0. The van der Waals surface area contributed by atoms with Gasteiger partial charge in [0.25, 0.3) is 10.1 Å². The summed E-state index contributed by atoms with van der Waals surface area (Å²) in [6.45, 7) is 0. The molecular formula is C6H6N2O4S. The molecular weight excluding hydrogens is 196 g/mol. The molecule has 0 saturated heterocycles. The third-order valence-corrected chi connectivity index (χ3v) is 2.16. The normalized spacial score (nSPS) is 12.1. The van der Waals surface area contributed by atoms with Gasteiger partial charge in [0.05, 0.1) is 10.6 Å². The molecule has 0 radical (unpaired) electrons. The van der Waals surface area contributed by atoms with Gasteiger partial charge in [-0.15, -0.1) is 5.11 Å². The third kappa shape index (κ3) is 2.49. The van der Waals surface area contributed by atoms with E-state index < -0.39 is 10.1 Å². The predicted molar refractivity (Wildman–Crippen MR) is 42.6 cm³/mol. The van der Waals surface area contributed by atoms with Crippen molar-refractivity contribution >= 4 is 15.8 Å². The number of rotatable bonds is 2. The summed E-state index contributed by atoms with van der Waals surface area (Å²) in [4.78, 5) is -0.232. The Morgan fingerprint density at radius 3 is 2.08 bits per heavy atom. The Morgan fingerprint density at radius 2 is 1.69 bits per heavy atom. The summed E-state index contributed by atoms with van der Waals surface area (Å²) in [6, 6.07) is 4.89. The smallest absolute Gasteiger partial charge is 0.294 e. The molecule has 1 aromatic carbocycles. The van der Waals surface area contributed by atoms with Crippen LogP contribution in [0.25, 0.3) is 0 Å². The Hall–Kier alpha value is -1.47. The minimum Gasteiger partial charge on any atom is -0.394 e. The highest BCUT2D eigenvalue weighted by Crippen LogP contribution is 2.15. The minimum absolute atomic E-state index is 0.232. The summed E-state index contributed by atoms with van der Waals surface area (Å²) < 4.78 is 29.7. The average Bonchev–Trinajstić information content (AvgIpc) is 2.04. The second-order valence-corrected chi connectivity index (χ2v) is 3.58. The van der Waals surface area contributed by atoms with Gasteiger partial charge in [0.2, 0.25) is 0 Å². The van der Waals surface area contributed by atoms with Crippen LogP contribution in [-0.2, 0) is 10.1 Å². The van der Waals surface area contributed by atoms with Gasteiger partial charge in [-0.05, 0) is 24.3 Å². The van der Waals surface area contributed by atoms with Crippen LogP contribution in [0.4, 0.5) is 5.69 Å². The van der Waals surface area contributed by atoms with Crippen molar-refractivity contribution in [2.45, 2.75) is 4.90 Å². The van der Waals surface area contributed by atoms with Crippen molar-refractivity contribution in [2.75, 3.05) is 0 Å². The highest BCUT2D eigenvalue weighted by Gasteiger charge is 2.07. The maximum absolute atomic E-state index is 10.6. The van der Waals surface area contributed by atoms with E-state index >= 15 is 0 Å². The van der Waals surface area contributed by atoms with E-state index in [4.69, 9.17) is 9.76 Å². The van der Waals surface area contributed by atoms with Gasteiger partial charge in [-0.2, -0.15) is 8.42 Å². The van der Waals surface area contributed by atoms with Crippen LogP contribution < -0.4 is 0 Å². The molecule has 0 aliphatic heterocycles. The van der Waals surface area contributed by atoms with E-state index in [1.165, 1.54) is 12.1 Å². The van der Waals surface area contributed by atoms with Crippen LogP contribution in [0.3, 0.4) is 0 Å². The van der Waals surface area contributed by atoms with E-state index in [1.807, 2.05) is 0 Å². The maximum atomic E-state index is 10.6. The molecule has 0 amide bonds. The molecule has 0 atom stereocenters. The van der Waals surface area contributed by atoms with E-state index in [-0.39, 0.29) is 10.6 Å². The van der Waals surface area contributed by atoms with Gasteiger partial charge in [0, 0.05) is 5.28 Å². The Kier molecular flexibility index (Phi) is 2.59. The molecule has 0 spiro atoms. The third-order valence-electron chi connectivity index (χ3n) is 1.29. The Balaban J connectivity index is 3.08. The zero-order chi connectivity index (χ0) is 9.90. The molecule has 2 N–H and O–H groups in total. The van der Waals surface area contributed by atoms with Crippen LogP contribution in [0, 0.1) is 0 Å². The van der Waals surface area contributed by atoms with Crippen LogP contribution >= 0.6 is 0 Å². The first kappa shape index (κ1) is 9.62. The van der Waals surface area contributed by atoms with E-state index in [1.54, 1.807) is 0 Å². The summed E-state index contributed by atoms with van der Waals surface area (Å²) in [6.07, 6.45) is 0. The molecule has 6 nitrogen and oxygen atoms in total. The monoisotopic (exact) mass is 202 g/mol. The fourth-order valence-electron chi connectivity index (χ4n) is 0.736. The molecule has 1 aromatic rings. The SMILES string of the molecule is O=S(=O)(O)c1ccc(N=NO)cc1. The summed E-state index contributed by atoms with van der Waals surface area (Å²) in [7, 11) is -4.17. The fourth-order valence-corrected chi connectivity index (χ4v) is 1.22. The van der Waals surface area contributed by atoms with Crippen LogP contribution in [0.15, 0.2) is 39.6 Å². The molecule has 0 aliphatic carbocycles. The number of hydrogen-bond acceptors (Lipinski definition) is 4. The zero-order valence-corrected chi connectivity index (χ0v) is 7.14. The van der Waals surface area contributed by atoms with Crippen molar-refractivity contribution in [2.24, 2.45) is 10.4 Å². The number of nitrogens with zero attached hydrogens (tertiary/aromatic N) is 2. The lowest BCUT2D eigenvalue weighted by Crippen LogP contribution is -1.96. The topological polar surface area (TPSA) is 99.3 Å². The van der Waals surface area contributed by atoms with Crippen LogP contribution in [0.1, 0.15) is 0 Å². The van der Waals surface area contributed by atoms with Crippen molar-refractivity contribution in [1.29, 1.82) is 0 Å². The maximum Gasteiger partial charge on any atom is 0.294 e. The molecule has 0 fully saturated rings. The lowest BCUT2D eigenvalue weighted by molar-refractivity contribution is 0.289. The number of hydrogen-bond donors (Lipinski definition) is 2. The summed E-state index contributed by atoms with van der Waals surface area (Å²) in [5.41, 5.74) is 0.287. The standard InChI is InChI=1S/C6H6N2O4S/c9-8-7-5-1-3-6(4-2-5)13(10,11)12/h1-4H,(H,7,9)(H,10,11,12). The van der Waals surface area contributed by atoms with Crippen molar-refractivity contribution in [3.05, 3.63) is 24.3 Å². The zero-order valence-electron chi connectivity index (χ0n) is 6.32. The molecule has 0 aromatic heterocycles. The average molecular weight is 202 g/mol. The lowest BCUT2D eigenvalue weighted by Gasteiger charge is -1.95. The van der Waals surface area contributed by atoms with E-state index in [2.05, 4.69) is 10.4 Å². The van der Waals surface area contributed by atoms with Crippen molar-refractivity contribution in [1.82, 2.24) is 0 Å². The number of benzene rings is 1. The molecule has 7 heteroatoms. The van der Waals surface area contributed by atoms with Crippen LogP contribution in [0.5, 0.6) is 0 Å². The molecule has 0 bridgehead atoms. The first-order chi connectivity index (χ1) is 6.04. The fraction of sp³-hybridized carbons (Fsp3) is 0. The van der Waals surface area contributed by atoms with Crippen molar-refractivity contribution in [3.63, 3.8) is 0 Å². The highest BCUT2D eigenvalue weighted by atomic mass is 32.2. The van der Waals surface area contributed by atoms with Gasteiger partial charge in [-0.1, -0.05) is 0 Å². The lowest BCUT2D eigenvalue weighted by atomic mass is 10.3. The van der Waals surface area contributed by atoms with Gasteiger partial charge in [-0.3, -0.25) is 4.55 Å². The minimum atomic E-state index is -4.17. The molecule has 0 heterocycles. The van der Waals surface area contributed by atoms with Gasteiger partial charge in [-0.25, -0.2) is 0 Å². The molecule has 0 aliphatic rings. The Labute approximate surface area is 74.3 Å². The molecule has 0 unspecified atom stereocenters. The Bertz CT molecular complexity index is 409. The van der Waals surface area contributed by atoms with Gasteiger partial charge >= 0.3 is 0 Å².